The van der Waals surface area contributed by atoms with E-state index in [1.165, 1.54) is 24.4 Å². The molecule has 34 valence electrons. The first-order valence-electron chi connectivity index (χ1n) is 2.37. The zero-order chi connectivity index (χ0) is 5.33. The Balaban J connectivity index is 2.77. The predicted molar refractivity (Wildman–Crippen MR) is 32.4 cm³/mol. The van der Waals surface area contributed by atoms with E-state index in [0.717, 1.165) is 0 Å². The van der Waals surface area contributed by atoms with Gasteiger partial charge in [-0.1, -0.05) is 0 Å². The quantitative estimate of drug-likeness (QED) is 0.547. The van der Waals surface area contributed by atoms with E-state index in [1.54, 1.807) is 0 Å². The summed E-state index contributed by atoms with van der Waals surface area (Å²) in [6.45, 7) is 2.25. The van der Waals surface area contributed by atoms with E-state index in [0.29, 0.717) is 3.17 Å². The number of hydrogen-bond acceptors (Lipinski definition) is 0. The molecule has 0 N–H and O–H groups in total. The summed E-state index contributed by atoms with van der Waals surface area (Å²) in [5.74, 6) is 0. The fourth-order valence-electron chi connectivity index (χ4n) is 0.581. The van der Waals surface area contributed by atoms with Gasteiger partial charge in [0.25, 0.3) is 0 Å². The molecule has 0 aromatic rings. The van der Waals surface area contributed by atoms with E-state index in [9.17, 15) is 0 Å². The van der Waals surface area contributed by atoms with Crippen molar-refractivity contribution in [3.8, 4) is 0 Å². The van der Waals surface area contributed by atoms with Crippen molar-refractivity contribution in [3.63, 3.8) is 0 Å². The predicted octanol–water partition coefficient (Wildman–Crippen LogP) is 1.46. The van der Waals surface area contributed by atoms with E-state index >= 15 is 0 Å². The second kappa shape index (κ2) is 1.70. The molecule has 1 aliphatic rings. The van der Waals surface area contributed by atoms with Crippen molar-refractivity contribution in [2.75, 3.05) is 0 Å². The first-order chi connectivity index (χ1) is 3.21. The third kappa shape index (κ3) is 1.37. The number of allylic oxidation sites excluding steroid dienone is 4. The van der Waals surface area contributed by atoms with Gasteiger partial charge in [0, 0.05) is 0 Å². The molecule has 0 fully saturated rings. The van der Waals surface area contributed by atoms with Crippen LogP contribution in [0.25, 0.3) is 0 Å². The van der Waals surface area contributed by atoms with Crippen LogP contribution < -0.4 is 0 Å². The van der Waals surface area contributed by atoms with Crippen molar-refractivity contribution in [2.24, 2.45) is 0 Å². The van der Waals surface area contributed by atoms with Crippen molar-refractivity contribution < 1.29 is 0 Å². The number of hydrogen-bond donors (Lipinski definition) is 0. The monoisotopic (exact) mass is 194 g/mol. The van der Waals surface area contributed by atoms with Crippen molar-refractivity contribution in [2.45, 2.75) is 10.1 Å². The van der Waals surface area contributed by atoms with Gasteiger partial charge in [0.1, 0.15) is 0 Å². The van der Waals surface area contributed by atoms with Crippen LogP contribution in [0.5, 0.6) is 0 Å². The third-order valence-electron chi connectivity index (χ3n) is 1.02. The summed E-state index contributed by atoms with van der Waals surface area (Å²) in [7, 11) is 0. The van der Waals surface area contributed by atoms with Crippen molar-refractivity contribution in [1.29, 1.82) is 0 Å². The fraction of sp³-hybridized carbons (Fsp3) is 0.333. The molecule has 2 radical (unpaired) electrons. The van der Waals surface area contributed by atoms with Gasteiger partial charge in [-0.25, -0.2) is 0 Å². The molecule has 1 heteroatoms. The molecule has 0 spiro atoms. The van der Waals surface area contributed by atoms with Gasteiger partial charge in [-0.15, -0.1) is 0 Å². The van der Waals surface area contributed by atoms with Crippen molar-refractivity contribution >= 4 is 24.4 Å². The van der Waals surface area contributed by atoms with Crippen LogP contribution in [0, 0.1) is 0 Å². The normalized spacial score (nSPS) is 23.6. The average Bonchev–Trinajstić information content (AvgIpc) is 1.84. The number of rotatable bonds is 0. The van der Waals surface area contributed by atoms with E-state index < -0.39 is 0 Å². The molecule has 0 aliphatic heterocycles. The second-order valence-corrected chi connectivity index (χ2v) is 5.63. The minimum atomic E-state index is 0.463. The SMILES string of the molecule is C[C]1([In])C=CC=C1. The first-order valence-corrected chi connectivity index (χ1v) is 4.01. The van der Waals surface area contributed by atoms with Crippen LogP contribution in [0.2, 0.25) is 3.17 Å². The summed E-state index contributed by atoms with van der Waals surface area (Å²) in [5, 5.41) is 0. The van der Waals surface area contributed by atoms with Crippen LogP contribution in [-0.2, 0) is 0 Å². The average molecular weight is 194 g/mol. The molecular formula is C6H7In. The molecule has 0 saturated carbocycles. The molecule has 0 amide bonds. The van der Waals surface area contributed by atoms with E-state index in [4.69, 9.17) is 0 Å². The molecule has 0 heterocycles. The summed E-state index contributed by atoms with van der Waals surface area (Å²) in [6.07, 6.45) is 8.72. The van der Waals surface area contributed by atoms with E-state index in [-0.39, 0.29) is 0 Å². The van der Waals surface area contributed by atoms with Gasteiger partial charge in [-0.2, -0.15) is 0 Å². The molecule has 0 saturated heterocycles. The van der Waals surface area contributed by atoms with Gasteiger partial charge in [0.15, 0.2) is 0 Å². The van der Waals surface area contributed by atoms with Crippen LogP contribution in [0.15, 0.2) is 24.3 Å². The van der Waals surface area contributed by atoms with E-state index in [2.05, 4.69) is 31.2 Å². The maximum atomic E-state index is 2.25. The summed E-state index contributed by atoms with van der Waals surface area (Å²) in [4.78, 5) is 0. The Morgan fingerprint density at radius 1 is 1.29 bits per heavy atom. The van der Waals surface area contributed by atoms with Gasteiger partial charge in [-0.05, 0) is 0 Å². The van der Waals surface area contributed by atoms with Crippen LogP contribution in [0.1, 0.15) is 6.92 Å². The molecule has 1 aliphatic carbocycles. The summed E-state index contributed by atoms with van der Waals surface area (Å²) in [5.41, 5.74) is 0. The van der Waals surface area contributed by atoms with Crippen molar-refractivity contribution in [1.82, 2.24) is 0 Å². The molecule has 0 atom stereocenters. The summed E-state index contributed by atoms with van der Waals surface area (Å²) >= 11 is 1.30. The zero-order valence-electron chi connectivity index (χ0n) is 4.39. The molecule has 7 heavy (non-hydrogen) atoms. The Hall–Kier alpha value is 0.350. The molecule has 0 bridgehead atoms. The van der Waals surface area contributed by atoms with Crippen LogP contribution in [0.3, 0.4) is 0 Å². The van der Waals surface area contributed by atoms with Crippen LogP contribution >= 0.6 is 0 Å². The summed E-state index contributed by atoms with van der Waals surface area (Å²) in [6, 6.07) is 0. The van der Waals surface area contributed by atoms with Gasteiger partial charge < -0.3 is 0 Å². The second-order valence-electron chi connectivity index (χ2n) is 2.08. The molecule has 0 aromatic carbocycles. The van der Waals surface area contributed by atoms with Crippen LogP contribution in [-0.4, -0.2) is 24.4 Å². The Labute approximate surface area is 58.9 Å². The standard InChI is InChI=1S/C6H7.In/c1-6-4-2-3-5-6;/h2-5H,1H3;. The molecule has 1 rings (SSSR count). The maximum absolute atomic E-state index is 2.25. The molecule has 0 unspecified atom stereocenters. The van der Waals surface area contributed by atoms with Gasteiger partial charge in [0.05, 0.1) is 0 Å². The summed E-state index contributed by atoms with van der Waals surface area (Å²) < 4.78 is 0.463. The Morgan fingerprint density at radius 3 is 1.86 bits per heavy atom. The minimum absolute atomic E-state index is 0.463. The first kappa shape index (κ1) is 5.49. The Bertz CT molecular complexity index is 106. The van der Waals surface area contributed by atoms with Crippen molar-refractivity contribution in [3.05, 3.63) is 24.3 Å². The Morgan fingerprint density at radius 2 is 1.71 bits per heavy atom. The van der Waals surface area contributed by atoms with Gasteiger partial charge >= 0.3 is 58.8 Å². The topological polar surface area (TPSA) is 0 Å². The fourth-order valence-corrected chi connectivity index (χ4v) is 1.22. The molecular weight excluding hydrogens is 187 g/mol. The third-order valence-corrected chi connectivity index (χ3v) is 2.12. The zero-order valence-corrected chi connectivity index (χ0v) is 7.68. The molecule has 0 aromatic heterocycles. The molecule has 0 nitrogen and oxygen atoms in total. The van der Waals surface area contributed by atoms with Gasteiger partial charge in [-0.3, -0.25) is 0 Å². The van der Waals surface area contributed by atoms with Gasteiger partial charge in [0.2, 0.25) is 0 Å². The van der Waals surface area contributed by atoms with Crippen LogP contribution in [0.4, 0.5) is 0 Å². The Kier molecular flexibility index (Phi) is 1.33. The van der Waals surface area contributed by atoms with E-state index in [1.807, 2.05) is 0 Å².